The standard InChI is InChI=1S/C19H20N2O2S/c1-11-15-16(14-9-6-10-23-14)12-7-4-2-3-5-8-13(12)21-19(15)24-17(11)18(20)22/h6,9-10H,2-5,7-8H2,1H3,(H2,20,22). The number of nitrogens with zero attached hydrogens (tertiary/aromatic N) is 1. The van der Waals surface area contributed by atoms with Gasteiger partial charge in [0.05, 0.1) is 11.1 Å². The van der Waals surface area contributed by atoms with Crippen LogP contribution in [-0.2, 0) is 12.8 Å². The Morgan fingerprint density at radius 3 is 2.75 bits per heavy atom. The van der Waals surface area contributed by atoms with Crippen molar-refractivity contribution in [3.63, 3.8) is 0 Å². The molecule has 0 spiro atoms. The Bertz CT molecular complexity index is 909. The molecular weight excluding hydrogens is 320 g/mol. The Labute approximate surface area is 144 Å². The third-order valence-electron chi connectivity index (χ3n) is 4.85. The van der Waals surface area contributed by atoms with Crippen molar-refractivity contribution in [1.29, 1.82) is 0 Å². The van der Waals surface area contributed by atoms with Crippen LogP contribution in [0.4, 0.5) is 0 Å². The Morgan fingerprint density at radius 2 is 2.04 bits per heavy atom. The summed E-state index contributed by atoms with van der Waals surface area (Å²) in [4.78, 5) is 18.2. The van der Waals surface area contributed by atoms with Crippen LogP contribution >= 0.6 is 11.3 Å². The van der Waals surface area contributed by atoms with Crippen molar-refractivity contribution in [2.24, 2.45) is 5.73 Å². The number of carbonyl (C=O) groups excluding carboxylic acids is 1. The van der Waals surface area contributed by atoms with Gasteiger partial charge < -0.3 is 10.2 Å². The second-order valence-corrected chi connectivity index (χ2v) is 7.40. The first-order valence-electron chi connectivity index (χ1n) is 8.45. The number of nitrogens with two attached hydrogens (primary N) is 1. The summed E-state index contributed by atoms with van der Waals surface area (Å²) in [6.07, 6.45) is 8.54. The summed E-state index contributed by atoms with van der Waals surface area (Å²) in [6, 6.07) is 3.91. The lowest BCUT2D eigenvalue weighted by atomic mass is 9.90. The highest BCUT2D eigenvalue weighted by molar-refractivity contribution is 7.20. The fraction of sp³-hybridized carbons (Fsp3) is 0.368. The predicted octanol–water partition coefficient (Wildman–Crippen LogP) is 4.62. The van der Waals surface area contributed by atoms with Gasteiger partial charge in [0.1, 0.15) is 10.6 Å². The number of aryl methyl sites for hydroxylation is 2. The highest BCUT2D eigenvalue weighted by Gasteiger charge is 2.24. The average Bonchev–Trinajstić information content (AvgIpc) is 3.15. The number of fused-ring (bicyclic) bond motifs is 2. The minimum Gasteiger partial charge on any atom is -0.464 e. The summed E-state index contributed by atoms with van der Waals surface area (Å²) in [7, 11) is 0. The Balaban J connectivity index is 2.08. The smallest absolute Gasteiger partial charge is 0.259 e. The summed E-state index contributed by atoms with van der Waals surface area (Å²) < 4.78 is 5.75. The van der Waals surface area contributed by atoms with Crippen LogP contribution < -0.4 is 5.73 Å². The van der Waals surface area contributed by atoms with Gasteiger partial charge in [-0.2, -0.15) is 0 Å². The van der Waals surface area contributed by atoms with Gasteiger partial charge in [-0.1, -0.05) is 12.8 Å². The van der Waals surface area contributed by atoms with Crippen LogP contribution in [0, 0.1) is 6.92 Å². The van der Waals surface area contributed by atoms with Gasteiger partial charge in [-0.05, 0) is 55.9 Å². The summed E-state index contributed by atoms with van der Waals surface area (Å²) in [5.41, 5.74) is 10.1. The summed E-state index contributed by atoms with van der Waals surface area (Å²) in [5, 5.41) is 1.03. The second kappa shape index (κ2) is 6.06. The van der Waals surface area contributed by atoms with E-state index in [1.54, 1.807) is 6.26 Å². The molecule has 124 valence electrons. The van der Waals surface area contributed by atoms with E-state index < -0.39 is 0 Å². The van der Waals surface area contributed by atoms with Crippen molar-refractivity contribution in [2.45, 2.75) is 45.4 Å². The van der Waals surface area contributed by atoms with Crippen LogP contribution in [0.15, 0.2) is 22.8 Å². The Kier molecular flexibility index (Phi) is 3.88. The topological polar surface area (TPSA) is 69.1 Å². The predicted molar refractivity (Wildman–Crippen MR) is 96.5 cm³/mol. The second-order valence-electron chi connectivity index (χ2n) is 6.40. The molecule has 4 rings (SSSR count). The maximum absolute atomic E-state index is 11.8. The van der Waals surface area contributed by atoms with E-state index in [-0.39, 0.29) is 5.91 Å². The molecule has 5 heteroatoms. The fourth-order valence-corrected chi connectivity index (χ4v) is 4.77. The van der Waals surface area contributed by atoms with Gasteiger partial charge in [0.2, 0.25) is 0 Å². The van der Waals surface area contributed by atoms with Crippen LogP contribution in [0.1, 0.15) is 52.2 Å². The van der Waals surface area contributed by atoms with E-state index in [1.807, 2.05) is 19.1 Å². The third-order valence-corrected chi connectivity index (χ3v) is 6.05. The molecule has 0 atom stereocenters. The Morgan fingerprint density at radius 1 is 1.25 bits per heavy atom. The minimum absolute atomic E-state index is 0.381. The monoisotopic (exact) mass is 340 g/mol. The molecular formula is C19H20N2O2S. The number of furan rings is 1. The van der Waals surface area contributed by atoms with Gasteiger partial charge in [-0.3, -0.25) is 4.79 Å². The maximum atomic E-state index is 11.8. The van der Waals surface area contributed by atoms with Gasteiger partial charge in [0, 0.05) is 16.6 Å². The molecule has 2 N–H and O–H groups in total. The molecule has 0 saturated carbocycles. The van der Waals surface area contributed by atoms with Crippen molar-refractivity contribution >= 4 is 27.5 Å². The zero-order valence-corrected chi connectivity index (χ0v) is 14.5. The summed E-state index contributed by atoms with van der Waals surface area (Å²) in [5.74, 6) is 0.476. The molecule has 24 heavy (non-hydrogen) atoms. The zero-order chi connectivity index (χ0) is 16.7. The van der Waals surface area contributed by atoms with E-state index in [0.29, 0.717) is 4.88 Å². The number of amides is 1. The van der Waals surface area contributed by atoms with Crippen LogP contribution in [-0.4, -0.2) is 10.9 Å². The lowest BCUT2D eigenvalue weighted by molar-refractivity contribution is 0.100. The zero-order valence-electron chi connectivity index (χ0n) is 13.7. The Hall–Kier alpha value is -2.14. The van der Waals surface area contributed by atoms with Gasteiger partial charge in [-0.25, -0.2) is 4.98 Å². The lowest BCUT2D eigenvalue weighted by Crippen LogP contribution is -2.10. The molecule has 0 aromatic carbocycles. The van der Waals surface area contributed by atoms with Crippen molar-refractivity contribution in [3.8, 4) is 11.3 Å². The number of primary amides is 1. The average molecular weight is 340 g/mol. The van der Waals surface area contributed by atoms with Gasteiger partial charge in [-0.15, -0.1) is 11.3 Å². The number of hydrogen-bond donors (Lipinski definition) is 1. The van der Waals surface area contributed by atoms with Crippen LogP contribution in [0.2, 0.25) is 0 Å². The normalized spacial score (nSPS) is 15.0. The third kappa shape index (κ3) is 2.44. The largest absolute Gasteiger partial charge is 0.464 e. The molecule has 0 fully saturated rings. The SMILES string of the molecule is Cc1c(C(N)=O)sc2nc3c(c(-c4ccco4)c12)CCCCCC3. The molecule has 0 unspecified atom stereocenters. The van der Waals surface area contributed by atoms with E-state index in [9.17, 15) is 4.79 Å². The van der Waals surface area contributed by atoms with Gasteiger partial charge in [0.25, 0.3) is 5.91 Å². The highest BCUT2D eigenvalue weighted by atomic mass is 32.1. The fourth-order valence-electron chi connectivity index (χ4n) is 3.71. The van der Waals surface area contributed by atoms with E-state index >= 15 is 0 Å². The molecule has 0 saturated heterocycles. The minimum atomic E-state index is -0.381. The van der Waals surface area contributed by atoms with E-state index in [4.69, 9.17) is 15.1 Å². The van der Waals surface area contributed by atoms with E-state index in [0.717, 1.165) is 52.1 Å². The number of aromatic nitrogens is 1. The molecule has 0 bridgehead atoms. The quantitative estimate of drug-likeness (QED) is 0.740. The van der Waals surface area contributed by atoms with Crippen molar-refractivity contribution in [1.82, 2.24) is 4.98 Å². The number of carbonyl (C=O) groups is 1. The first-order chi connectivity index (χ1) is 11.7. The van der Waals surface area contributed by atoms with Crippen LogP contribution in [0.5, 0.6) is 0 Å². The highest BCUT2D eigenvalue weighted by Crippen LogP contribution is 2.41. The number of pyridine rings is 1. The molecule has 1 aliphatic rings. The molecule has 0 radical (unpaired) electrons. The molecule has 1 aliphatic carbocycles. The molecule has 4 nitrogen and oxygen atoms in total. The molecule has 3 aromatic rings. The van der Waals surface area contributed by atoms with E-state index in [2.05, 4.69) is 0 Å². The number of hydrogen-bond acceptors (Lipinski definition) is 4. The van der Waals surface area contributed by atoms with Gasteiger partial charge >= 0.3 is 0 Å². The first-order valence-corrected chi connectivity index (χ1v) is 9.27. The van der Waals surface area contributed by atoms with Crippen molar-refractivity contribution in [3.05, 3.63) is 40.1 Å². The molecule has 3 aromatic heterocycles. The molecule has 3 heterocycles. The lowest BCUT2D eigenvalue weighted by Gasteiger charge is -2.17. The maximum Gasteiger partial charge on any atom is 0.259 e. The van der Waals surface area contributed by atoms with E-state index in [1.165, 1.54) is 36.2 Å². The molecule has 1 amide bonds. The number of rotatable bonds is 2. The summed E-state index contributed by atoms with van der Waals surface area (Å²) in [6.45, 7) is 1.96. The van der Waals surface area contributed by atoms with Crippen LogP contribution in [0.25, 0.3) is 21.5 Å². The molecule has 0 aliphatic heterocycles. The van der Waals surface area contributed by atoms with Crippen LogP contribution in [0.3, 0.4) is 0 Å². The number of thiophene rings is 1. The van der Waals surface area contributed by atoms with Crippen molar-refractivity contribution < 1.29 is 9.21 Å². The van der Waals surface area contributed by atoms with Crippen molar-refractivity contribution in [2.75, 3.05) is 0 Å². The van der Waals surface area contributed by atoms with Gasteiger partial charge in [0.15, 0.2) is 0 Å². The summed E-state index contributed by atoms with van der Waals surface area (Å²) >= 11 is 1.40. The first kappa shape index (κ1) is 15.4.